The first-order valence-electron chi connectivity index (χ1n) is 10.5. The molecule has 5 rings (SSSR count). The topological polar surface area (TPSA) is 122 Å². The molecule has 176 valence electrons. The number of halogens is 1. The van der Waals surface area contributed by atoms with Crippen molar-refractivity contribution in [1.82, 2.24) is 33.7 Å². The van der Waals surface area contributed by atoms with E-state index in [2.05, 4.69) is 43.2 Å². The Hall–Kier alpha value is -4.07. The van der Waals surface area contributed by atoms with Crippen LogP contribution in [0.1, 0.15) is 0 Å². The Kier molecular flexibility index (Phi) is 5.80. The lowest BCUT2D eigenvalue weighted by Crippen LogP contribution is -2.37. The van der Waals surface area contributed by atoms with Gasteiger partial charge in [0.1, 0.15) is 12.2 Å². The number of aromatic nitrogens is 7. The molecule has 0 bridgehead atoms. The van der Waals surface area contributed by atoms with Crippen LogP contribution < -0.4 is 16.6 Å². The second kappa shape index (κ2) is 8.94. The molecular weight excluding hydrogens is 563 g/mol. The highest BCUT2D eigenvalue weighted by Crippen LogP contribution is 2.22. The molecule has 0 radical (unpaired) electrons. The Morgan fingerprint density at radius 3 is 2.51 bits per heavy atom. The molecule has 3 aromatic heterocycles. The van der Waals surface area contributed by atoms with Gasteiger partial charge in [-0.15, -0.1) is 5.10 Å². The number of aryl methyl sites for hydroxylation is 1. The summed E-state index contributed by atoms with van der Waals surface area (Å²) >= 11 is 2.25. The van der Waals surface area contributed by atoms with Crippen LogP contribution in [0.4, 0.5) is 5.69 Å². The van der Waals surface area contributed by atoms with Gasteiger partial charge < -0.3 is 9.88 Å². The number of rotatable bonds is 5. The number of amides is 1. The molecule has 0 unspecified atom stereocenters. The predicted octanol–water partition coefficient (Wildman–Crippen LogP) is 1.92. The van der Waals surface area contributed by atoms with E-state index in [-0.39, 0.29) is 23.6 Å². The van der Waals surface area contributed by atoms with Crippen LogP contribution in [0.15, 0.2) is 70.6 Å². The average Bonchev–Trinajstić information content (AvgIpc) is 3.50. The minimum atomic E-state index is -0.504. The summed E-state index contributed by atoms with van der Waals surface area (Å²) in [7, 11) is 2.92. The van der Waals surface area contributed by atoms with Crippen LogP contribution in [0.3, 0.4) is 0 Å². The van der Waals surface area contributed by atoms with Crippen molar-refractivity contribution in [3.05, 3.63) is 85.5 Å². The van der Waals surface area contributed by atoms with E-state index in [0.717, 1.165) is 19.4 Å². The van der Waals surface area contributed by atoms with Crippen LogP contribution in [0.5, 0.6) is 0 Å². The van der Waals surface area contributed by atoms with Gasteiger partial charge in [-0.3, -0.25) is 18.7 Å². The minimum Gasteiger partial charge on any atom is -0.325 e. The monoisotopic (exact) mass is 582 g/mol. The molecule has 0 aliphatic rings. The molecule has 12 heteroatoms. The van der Waals surface area contributed by atoms with E-state index >= 15 is 0 Å². The number of anilines is 1. The standard InChI is InChI=1S/C23H19IN8O3/c1-29-21-20(22(34)30(2)23(29)35)31(13-25-21)12-19(33)26-15-9-7-14(8-10-15)17-11-32(28-27-17)18-6-4-3-5-16(18)24/h3-11,13H,12H2,1-2H3,(H,26,33). The highest BCUT2D eigenvalue weighted by atomic mass is 127. The molecule has 0 spiro atoms. The van der Waals surface area contributed by atoms with Crippen molar-refractivity contribution in [2.45, 2.75) is 6.54 Å². The molecule has 1 N–H and O–H groups in total. The van der Waals surface area contributed by atoms with Crippen LogP contribution in [0, 0.1) is 3.57 Å². The van der Waals surface area contributed by atoms with Gasteiger partial charge in [0.15, 0.2) is 11.2 Å². The molecule has 0 aliphatic heterocycles. The maximum Gasteiger partial charge on any atom is 0.332 e. The Balaban J connectivity index is 1.32. The summed E-state index contributed by atoms with van der Waals surface area (Å²) in [4.78, 5) is 41.4. The van der Waals surface area contributed by atoms with E-state index in [9.17, 15) is 14.4 Å². The SMILES string of the molecule is Cn1c(=O)c2c(ncn2CC(=O)Nc2ccc(-c3cn(-c4ccccc4I)nn3)cc2)n(C)c1=O. The normalized spacial score (nSPS) is 11.2. The number of nitrogens with one attached hydrogen (secondary N) is 1. The van der Waals surface area contributed by atoms with Gasteiger partial charge in [-0.1, -0.05) is 29.5 Å². The zero-order chi connectivity index (χ0) is 24.7. The fraction of sp³-hybridized carbons (Fsp3) is 0.130. The summed E-state index contributed by atoms with van der Waals surface area (Å²) in [5, 5.41) is 11.3. The molecule has 0 saturated heterocycles. The van der Waals surface area contributed by atoms with Crippen molar-refractivity contribution in [1.29, 1.82) is 0 Å². The number of hydrogen-bond donors (Lipinski definition) is 1. The first-order chi connectivity index (χ1) is 16.8. The van der Waals surface area contributed by atoms with Crippen LogP contribution in [0.25, 0.3) is 28.1 Å². The van der Waals surface area contributed by atoms with E-state index in [0.29, 0.717) is 11.4 Å². The molecule has 2 aromatic carbocycles. The molecule has 1 amide bonds. The predicted molar refractivity (Wildman–Crippen MR) is 138 cm³/mol. The molecule has 35 heavy (non-hydrogen) atoms. The molecular formula is C23H19IN8O3. The summed E-state index contributed by atoms with van der Waals surface area (Å²) in [6, 6.07) is 15.1. The van der Waals surface area contributed by atoms with Crippen molar-refractivity contribution >= 4 is 45.3 Å². The smallest absolute Gasteiger partial charge is 0.325 e. The van der Waals surface area contributed by atoms with E-state index in [1.54, 1.807) is 16.8 Å². The van der Waals surface area contributed by atoms with Crippen molar-refractivity contribution in [3.63, 3.8) is 0 Å². The Morgan fingerprint density at radius 2 is 1.77 bits per heavy atom. The number of nitrogens with zero attached hydrogens (tertiary/aromatic N) is 7. The highest BCUT2D eigenvalue weighted by Gasteiger charge is 2.16. The third-order valence-corrected chi connectivity index (χ3v) is 6.50. The van der Waals surface area contributed by atoms with Gasteiger partial charge in [0.2, 0.25) is 5.91 Å². The van der Waals surface area contributed by atoms with Crippen molar-refractivity contribution in [2.75, 3.05) is 5.32 Å². The number of imidazole rings is 1. The number of para-hydroxylation sites is 1. The van der Waals surface area contributed by atoms with Crippen molar-refractivity contribution < 1.29 is 4.79 Å². The molecule has 0 fully saturated rings. The van der Waals surface area contributed by atoms with Gasteiger partial charge >= 0.3 is 5.69 Å². The lowest BCUT2D eigenvalue weighted by Gasteiger charge is -2.08. The first-order valence-corrected chi connectivity index (χ1v) is 11.6. The summed E-state index contributed by atoms with van der Waals surface area (Å²) in [6.07, 6.45) is 3.23. The maximum atomic E-state index is 12.7. The lowest BCUT2D eigenvalue weighted by atomic mass is 10.1. The lowest BCUT2D eigenvalue weighted by molar-refractivity contribution is -0.116. The molecule has 3 heterocycles. The highest BCUT2D eigenvalue weighted by molar-refractivity contribution is 14.1. The molecule has 5 aromatic rings. The van der Waals surface area contributed by atoms with Gasteiger partial charge in [-0.05, 0) is 46.9 Å². The fourth-order valence-corrected chi connectivity index (χ4v) is 4.38. The second-order valence-electron chi connectivity index (χ2n) is 7.88. The van der Waals surface area contributed by atoms with Gasteiger partial charge in [0.05, 0.1) is 18.2 Å². The van der Waals surface area contributed by atoms with Crippen LogP contribution >= 0.6 is 22.6 Å². The zero-order valence-corrected chi connectivity index (χ0v) is 20.9. The zero-order valence-electron chi connectivity index (χ0n) is 18.7. The van der Waals surface area contributed by atoms with Gasteiger partial charge in [0.25, 0.3) is 5.56 Å². The Bertz CT molecular complexity index is 1690. The van der Waals surface area contributed by atoms with Gasteiger partial charge in [-0.25, -0.2) is 14.5 Å². The average molecular weight is 582 g/mol. The number of hydrogen-bond acceptors (Lipinski definition) is 6. The molecule has 0 aliphatic carbocycles. The number of benzene rings is 2. The molecule has 0 saturated carbocycles. The summed E-state index contributed by atoms with van der Waals surface area (Å²) in [5.74, 6) is -0.336. The Labute approximate surface area is 211 Å². The van der Waals surface area contributed by atoms with Crippen molar-refractivity contribution in [2.24, 2.45) is 14.1 Å². The quantitative estimate of drug-likeness (QED) is 0.316. The maximum absolute atomic E-state index is 12.7. The number of carbonyl (C=O) groups excluding carboxylic acids is 1. The van der Waals surface area contributed by atoms with Gasteiger partial charge in [-0.2, -0.15) is 0 Å². The van der Waals surface area contributed by atoms with Crippen molar-refractivity contribution in [3.8, 4) is 16.9 Å². The van der Waals surface area contributed by atoms with E-state index in [4.69, 9.17) is 0 Å². The van der Waals surface area contributed by atoms with Crippen LogP contribution in [0.2, 0.25) is 0 Å². The molecule has 0 atom stereocenters. The van der Waals surface area contributed by atoms with E-state index in [1.807, 2.05) is 42.6 Å². The van der Waals surface area contributed by atoms with Gasteiger partial charge in [0, 0.05) is 28.9 Å². The minimum absolute atomic E-state index is 0.129. The summed E-state index contributed by atoms with van der Waals surface area (Å²) in [5.41, 5.74) is 2.53. The number of fused-ring (bicyclic) bond motifs is 1. The fourth-order valence-electron chi connectivity index (χ4n) is 3.75. The largest absolute Gasteiger partial charge is 0.332 e. The summed E-state index contributed by atoms with van der Waals surface area (Å²) < 4.78 is 6.49. The summed E-state index contributed by atoms with van der Waals surface area (Å²) in [6.45, 7) is -0.129. The first kappa shape index (κ1) is 22.7. The third-order valence-electron chi connectivity index (χ3n) is 5.59. The van der Waals surface area contributed by atoms with Crippen LogP contribution in [-0.2, 0) is 25.4 Å². The second-order valence-corrected chi connectivity index (χ2v) is 9.04. The van der Waals surface area contributed by atoms with E-state index in [1.165, 1.54) is 29.6 Å². The van der Waals surface area contributed by atoms with Crippen LogP contribution in [-0.4, -0.2) is 39.6 Å². The number of carbonyl (C=O) groups is 1. The third kappa shape index (κ3) is 4.16. The van der Waals surface area contributed by atoms with E-state index < -0.39 is 11.2 Å². The molecule has 11 nitrogen and oxygen atoms in total. The Morgan fingerprint density at radius 1 is 1.03 bits per heavy atom.